The maximum Gasteiger partial charge on any atom is 0.326 e. The number of carbonyl (C=O) groups excluding carboxylic acids is 2. The Morgan fingerprint density at radius 1 is 1.06 bits per heavy atom. The van der Waals surface area contributed by atoms with Crippen molar-refractivity contribution in [3.8, 4) is 5.75 Å². The summed E-state index contributed by atoms with van der Waals surface area (Å²) in [5.41, 5.74) is 0.0383. The Morgan fingerprint density at radius 3 is 2.42 bits per heavy atom. The van der Waals surface area contributed by atoms with Gasteiger partial charge in [-0.05, 0) is 67.0 Å². The van der Waals surface area contributed by atoms with Crippen molar-refractivity contribution in [2.24, 2.45) is 17.8 Å². The van der Waals surface area contributed by atoms with Gasteiger partial charge in [0.1, 0.15) is 23.5 Å². The Morgan fingerprint density at radius 2 is 1.77 bits per heavy atom. The molecule has 0 aromatic heterocycles. The molecule has 1 aliphatic rings. The second kappa shape index (κ2) is 9.90. The van der Waals surface area contributed by atoms with Gasteiger partial charge in [0, 0.05) is 11.8 Å². The molecule has 0 bridgehead atoms. The lowest BCUT2D eigenvalue weighted by Crippen LogP contribution is -2.36. The maximum absolute atomic E-state index is 13.7. The first-order valence-corrected chi connectivity index (χ1v) is 10.6. The fourth-order valence-electron chi connectivity index (χ4n) is 4.05. The van der Waals surface area contributed by atoms with Crippen LogP contribution in [-0.4, -0.2) is 18.0 Å². The van der Waals surface area contributed by atoms with Gasteiger partial charge in [0.25, 0.3) is 5.91 Å². The molecule has 3 rings (SSSR count). The molecule has 1 fully saturated rings. The van der Waals surface area contributed by atoms with Gasteiger partial charge >= 0.3 is 6.03 Å². The van der Waals surface area contributed by atoms with Crippen molar-refractivity contribution >= 4 is 17.6 Å². The van der Waals surface area contributed by atoms with Gasteiger partial charge in [-0.2, -0.15) is 0 Å². The first kappa shape index (κ1) is 22.7. The zero-order valence-corrected chi connectivity index (χ0v) is 18.0. The predicted octanol–water partition coefficient (Wildman–Crippen LogP) is 5.77. The second-order valence-electron chi connectivity index (χ2n) is 8.54. The minimum absolute atomic E-state index is 0.161. The number of nitrogens with one attached hydrogen (secondary N) is 2. The number of benzene rings is 2. The zero-order chi connectivity index (χ0) is 22.5. The highest BCUT2D eigenvalue weighted by atomic mass is 19.1. The number of carbonyl (C=O) groups is 2. The van der Waals surface area contributed by atoms with Crippen LogP contribution in [0.1, 0.15) is 50.4 Å². The van der Waals surface area contributed by atoms with Crippen LogP contribution in [0.2, 0.25) is 0 Å². The summed E-state index contributed by atoms with van der Waals surface area (Å²) in [6.45, 7) is 6.70. The van der Waals surface area contributed by atoms with Gasteiger partial charge in [-0.15, -0.1) is 0 Å². The van der Waals surface area contributed by atoms with Crippen LogP contribution in [-0.2, 0) is 0 Å². The predicted molar refractivity (Wildman–Crippen MR) is 115 cm³/mol. The van der Waals surface area contributed by atoms with E-state index in [1.807, 2.05) is 5.32 Å². The molecule has 1 saturated carbocycles. The molecular formula is C24H28F2N2O3. The van der Waals surface area contributed by atoms with E-state index in [1.165, 1.54) is 6.42 Å². The Bertz CT molecular complexity index is 931. The van der Waals surface area contributed by atoms with E-state index >= 15 is 0 Å². The number of hydrogen-bond donors (Lipinski definition) is 2. The van der Waals surface area contributed by atoms with Crippen LogP contribution in [0.25, 0.3) is 0 Å². The molecule has 0 spiro atoms. The van der Waals surface area contributed by atoms with E-state index in [0.717, 1.165) is 30.7 Å². The van der Waals surface area contributed by atoms with Crippen LogP contribution in [0.3, 0.4) is 0 Å². The lowest BCUT2D eigenvalue weighted by atomic mass is 9.75. The van der Waals surface area contributed by atoms with E-state index in [1.54, 1.807) is 24.3 Å². The molecule has 0 aliphatic heterocycles. The summed E-state index contributed by atoms with van der Waals surface area (Å²) >= 11 is 0. The van der Waals surface area contributed by atoms with Gasteiger partial charge in [0.05, 0.1) is 5.56 Å². The third-order valence-electron chi connectivity index (χ3n) is 5.76. The summed E-state index contributed by atoms with van der Waals surface area (Å²) in [5.74, 6) is -0.385. The van der Waals surface area contributed by atoms with Crippen molar-refractivity contribution in [2.45, 2.75) is 46.1 Å². The molecule has 3 atom stereocenters. The second-order valence-corrected chi connectivity index (χ2v) is 8.54. The van der Waals surface area contributed by atoms with Crippen molar-refractivity contribution in [3.05, 3.63) is 59.7 Å². The summed E-state index contributed by atoms with van der Waals surface area (Å²) in [7, 11) is 0. The van der Waals surface area contributed by atoms with Crippen molar-refractivity contribution in [3.63, 3.8) is 0 Å². The Kier molecular flexibility index (Phi) is 7.25. The van der Waals surface area contributed by atoms with E-state index in [4.69, 9.17) is 4.74 Å². The number of imide groups is 1. The van der Waals surface area contributed by atoms with Crippen LogP contribution in [0.5, 0.6) is 5.75 Å². The van der Waals surface area contributed by atoms with Gasteiger partial charge in [-0.3, -0.25) is 10.1 Å². The quantitative estimate of drug-likeness (QED) is 0.633. The summed E-state index contributed by atoms with van der Waals surface area (Å²) in [6, 6.07) is 8.59. The fourth-order valence-corrected chi connectivity index (χ4v) is 4.05. The van der Waals surface area contributed by atoms with Crippen LogP contribution >= 0.6 is 0 Å². The molecule has 1 aliphatic carbocycles. The summed E-state index contributed by atoms with van der Waals surface area (Å²) in [6.07, 6.45) is 3.56. The summed E-state index contributed by atoms with van der Waals surface area (Å²) in [4.78, 5) is 24.1. The first-order valence-electron chi connectivity index (χ1n) is 10.6. The monoisotopic (exact) mass is 430 g/mol. The normalized spacial score (nSPS) is 20.9. The molecule has 0 saturated heterocycles. The number of amides is 3. The number of anilines is 1. The zero-order valence-electron chi connectivity index (χ0n) is 18.0. The van der Waals surface area contributed by atoms with Crippen LogP contribution in [0.4, 0.5) is 19.3 Å². The lowest BCUT2D eigenvalue weighted by molar-refractivity contribution is 0.0460. The van der Waals surface area contributed by atoms with Gasteiger partial charge < -0.3 is 10.1 Å². The standard InChI is InChI=1S/C24H28F2N2O3/c1-14(2)19-10-4-15(3)12-22(19)31-18-8-6-17(7-9-18)27-24(30)28-23(29)20-11-5-16(25)13-21(20)26/h5-9,11,13-15,19,22H,4,10,12H2,1-3H3,(H2,27,28,29,30). The highest BCUT2D eigenvalue weighted by Gasteiger charge is 2.32. The minimum Gasteiger partial charge on any atom is -0.490 e. The van der Waals surface area contributed by atoms with Crippen LogP contribution in [0.15, 0.2) is 42.5 Å². The van der Waals surface area contributed by atoms with Crippen molar-refractivity contribution < 1.29 is 23.1 Å². The van der Waals surface area contributed by atoms with Gasteiger partial charge in [-0.25, -0.2) is 13.6 Å². The number of halogens is 2. The van der Waals surface area contributed by atoms with Crippen LogP contribution in [0, 0.1) is 29.4 Å². The number of ether oxygens (including phenoxy) is 1. The van der Waals surface area contributed by atoms with Gasteiger partial charge in [0.15, 0.2) is 0 Å². The van der Waals surface area contributed by atoms with E-state index in [2.05, 4.69) is 26.1 Å². The molecule has 2 aromatic carbocycles. The maximum atomic E-state index is 13.7. The molecule has 5 nitrogen and oxygen atoms in total. The SMILES string of the molecule is CC1CCC(C(C)C)C(Oc2ccc(NC(=O)NC(=O)c3ccc(F)cc3F)cc2)C1. The van der Waals surface area contributed by atoms with Crippen molar-refractivity contribution in [2.75, 3.05) is 5.32 Å². The molecular weight excluding hydrogens is 402 g/mol. The van der Waals surface area contributed by atoms with Crippen molar-refractivity contribution in [1.82, 2.24) is 5.32 Å². The largest absolute Gasteiger partial charge is 0.490 e. The average Bonchev–Trinajstić information content (AvgIpc) is 2.69. The van der Waals surface area contributed by atoms with Gasteiger partial charge in [-0.1, -0.05) is 27.2 Å². The van der Waals surface area contributed by atoms with E-state index in [0.29, 0.717) is 29.5 Å². The highest BCUT2D eigenvalue weighted by molar-refractivity contribution is 6.08. The molecule has 2 N–H and O–H groups in total. The Hall–Kier alpha value is -2.96. The topological polar surface area (TPSA) is 67.4 Å². The molecule has 7 heteroatoms. The molecule has 0 radical (unpaired) electrons. The first-order chi connectivity index (χ1) is 14.7. The average molecular weight is 430 g/mol. The number of hydrogen-bond acceptors (Lipinski definition) is 3. The van der Waals surface area contributed by atoms with E-state index in [-0.39, 0.29) is 6.10 Å². The third-order valence-corrected chi connectivity index (χ3v) is 5.76. The molecule has 2 aromatic rings. The molecule has 31 heavy (non-hydrogen) atoms. The third kappa shape index (κ3) is 6.03. The smallest absolute Gasteiger partial charge is 0.326 e. The lowest BCUT2D eigenvalue weighted by Gasteiger charge is -2.37. The molecule has 3 unspecified atom stereocenters. The van der Waals surface area contributed by atoms with Crippen molar-refractivity contribution in [1.29, 1.82) is 0 Å². The fraction of sp³-hybridized carbons (Fsp3) is 0.417. The highest BCUT2D eigenvalue weighted by Crippen LogP contribution is 2.36. The molecule has 166 valence electrons. The summed E-state index contributed by atoms with van der Waals surface area (Å²) in [5, 5.41) is 4.54. The van der Waals surface area contributed by atoms with Gasteiger partial charge in [0.2, 0.25) is 0 Å². The molecule has 0 heterocycles. The molecule has 3 amide bonds. The van der Waals surface area contributed by atoms with E-state index < -0.39 is 29.1 Å². The number of rotatable bonds is 5. The summed E-state index contributed by atoms with van der Waals surface area (Å²) < 4.78 is 32.9. The minimum atomic E-state index is -1.04. The Balaban J connectivity index is 1.57. The van der Waals surface area contributed by atoms with Crippen LogP contribution < -0.4 is 15.4 Å². The van der Waals surface area contributed by atoms with E-state index in [9.17, 15) is 18.4 Å². The Labute approximate surface area is 181 Å². The number of urea groups is 1.